The fourth-order valence-electron chi connectivity index (χ4n) is 2.04. The molecule has 2 rings (SSSR count). The number of carbonyl (C=O) groups is 1. The molecule has 1 saturated heterocycles. The lowest BCUT2D eigenvalue weighted by Crippen LogP contribution is -2.34. The fraction of sp³-hybridized carbons (Fsp3) is 0.500. The predicted molar refractivity (Wildman–Crippen MR) is 66.4 cm³/mol. The highest BCUT2D eigenvalue weighted by Crippen LogP contribution is 2.20. The van der Waals surface area contributed by atoms with Crippen LogP contribution in [0.4, 0.5) is 0 Å². The van der Waals surface area contributed by atoms with E-state index in [1.165, 1.54) is 0 Å². The summed E-state index contributed by atoms with van der Waals surface area (Å²) in [5.74, 6) is 0.0561. The van der Waals surface area contributed by atoms with E-state index >= 15 is 0 Å². The molecule has 1 amide bonds. The van der Waals surface area contributed by atoms with Crippen molar-refractivity contribution in [1.82, 2.24) is 9.88 Å². The summed E-state index contributed by atoms with van der Waals surface area (Å²) in [5, 5.41) is 0. The molecule has 0 aromatic carbocycles. The minimum Gasteiger partial charge on any atom is -0.335 e. The molecule has 1 aliphatic rings. The van der Waals surface area contributed by atoms with E-state index in [0.717, 1.165) is 29.4 Å². The summed E-state index contributed by atoms with van der Waals surface area (Å²) in [6.45, 7) is 4.92. The van der Waals surface area contributed by atoms with Gasteiger partial charge >= 0.3 is 0 Å². The van der Waals surface area contributed by atoms with Crippen molar-refractivity contribution in [3.63, 3.8) is 0 Å². The summed E-state index contributed by atoms with van der Waals surface area (Å²) in [6, 6.07) is 2.19. The Morgan fingerprint density at radius 2 is 2.38 bits per heavy atom. The molecule has 0 bridgehead atoms. The van der Waals surface area contributed by atoms with Crippen molar-refractivity contribution in [3.05, 3.63) is 28.0 Å². The molecular formula is C12H15BrN2O. The van der Waals surface area contributed by atoms with Gasteiger partial charge in [0.15, 0.2) is 0 Å². The number of carbonyl (C=O) groups excluding carboxylic acids is 1. The van der Waals surface area contributed by atoms with Crippen molar-refractivity contribution in [3.8, 4) is 0 Å². The molecule has 86 valence electrons. The van der Waals surface area contributed by atoms with Crippen LogP contribution in [0.2, 0.25) is 0 Å². The Balaban J connectivity index is 2.23. The molecule has 16 heavy (non-hydrogen) atoms. The van der Waals surface area contributed by atoms with Crippen LogP contribution in [0.3, 0.4) is 0 Å². The van der Waals surface area contributed by atoms with Crippen LogP contribution in [-0.2, 0) is 0 Å². The summed E-state index contributed by atoms with van der Waals surface area (Å²) in [7, 11) is 0. The van der Waals surface area contributed by atoms with Gasteiger partial charge in [0.1, 0.15) is 5.69 Å². The Morgan fingerprint density at radius 3 is 2.94 bits per heavy atom. The van der Waals surface area contributed by atoms with E-state index in [-0.39, 0.29) is 5.91 Å². The van der Waals surface area contributed by atoms with Crippen molar-refractivity contribution in [2.75, 3.05) is 6.54 Å². The van der Waals surface area contributed by atoms with E-state index in [2.05, 4.69) is 27.8 Å². The number of hydrogen-bond acceptors (Lipinski definition) is 2. The van der Waals surface area contributed by atoms with Crippen molar-refractivity contribution < 1.29 is 4.79 Å². The van der Waals surface area contributed by atoms with E-state index < -0.39 is 0 Å². The van der Waals surface area contributed by atoms with Gasteiger partial charge in [0.2, 0.25) is 0 Å². The van der Waals surface area contributed by atoms with Gasteiger partial charge in [-0.15, -0.1) is 0 Å². The zero-order chi connectivity index (χ0) is 11.7. The van der Waals surface area contributed by atoms with Crippen LogP contribution >= 0.6 is 15.9 Å². The Hall–Kier alpha value is -0.900. The van der Waals surface area contributed by atoms with E-state index in [1.54, 1.807) is 6.20 Å². The molecule has 0 saturated carbocycles. The zero-order valence-corrected chi connectivity index (χ0v) is 11.1. The first-order valence-electron chi connectivity index (χ1n) is 5.52. The number of likely N-dealkylation sites (tertiary alicyclic amines) is 1. The largest absolute Gasteiger partial charge is 0.335 e. The van der Waals surface area contributed by atoms with Crippen LogP contribution in [0, 0.1) is 6.92 Å². The number of rotatable bonds is 1. The molecule has 4 heteroatoms. The first kappa shape index (κ1) is 11.6. The zero-order valence-electron chi connectivity index (χ0n) is 9.53. The highest BCUT2D eigenvalue weighted by atomic mass is 79.9. The lowest BCUT2D eigenvalue weighted by atomic mass is 10.2. The number of aromatic nitrogens is 1. The molecule has 1 fully saturated rings. The first-order valence-corrected chi connectivity index (χ1v) is 6.32. The molecule has 3 nitrogen and oxygen atoms in total. The van der Waals surface area contributed by atoms with Crippen LogP contribution in [0.5, 0.6) is 0 Å². The van der Waals surface area contributed by atoms with Gasteiger partial charge in [-0.3, -0.25) is 4.79 Å². The second-order valence-electron chi connectivity index (χ2n) is 4.31. The van der Waals surface area contributed by atoms with Gasteiger partial charge < -0.3 is 4.90 Å². The Labute approximate surface area is 104 Å². The van der Waals surface area contributed by atoms with E-state index in [1.807, 2.05) is 17.9 Å². The van der Waals surface area contributed by atoms with E-state index in [9.17, 15) is 4.79 Å². The summed E-state index contributed by atoms with van der Waals surface area (Å²) in [5.41, 5.74) is 1.60. The first-order chi connectivity index (χ1) is 7.59. The van der Waals surface area contributed by atoms with Crippen LogP contribution in [-0.4, -0.2) is 28.4 Å². The standard InChI is InChI=1S/C12H15BrN2O/c1-8-6-11(14-7-10(8)13)12(16)15-5-3-4-9(15)2/h6-7,9H,3-5H2,1-2H3. The SMILES string of the molecule is Cc1cc(C(=O)N2CCCC2C)ncc1Br. The molecule has 1 aromatic heterocycles. The molecule has 1 atom stereocenters. The number of aryl methyl sites for hydroxylation is 1. The maximum atomic E-state index is 12.2. The van der Waals surface area contributed by atoms with Gasteiger partial charge in [-0.25, -0.2) is 4.98 Å². The van der Waals surface area contributed by atoms with Gasteiger partial charge in [-0.1, -0.05) is 0 Å². The smallest absolute Gasteiger partial charge is 0.272 e. The average molecular weight is 283 g/mol. The van der Waals surface area contributed by atoms with Crippen molar-refractivity contribution in [1.29, 1.82) is 0 Å². The highest BCUT2D eigenvalue weighted by molar-refractivity contribution is 9.10. The van der Waals surface area contributed by atoms with Gasteiger partial charge in [0, 0.05) is 23.3 Å². The minimum absolute atomic E-state index is 0.0561. The molecule has 1 unspecified atom stereocenters. The van der Waals surface area contributed by atoms with Gasteiger partial charge in [0.05, 0.1) is 0 Å². The average Bonchev–Trinajstić information content (AvgIpc) is 2.67. The van der Waals surface area contributed by atoms with E-state index in [0.29, 0.717) is 11.7 Å². The normalized spacial score (nSPS) is 20.2. The fourth-order valence-corrected chi connectivity index (χ4v) is 2.26. The third-order valence-electron chi connectivity index (χ3n) is 3.08. The number of hydrogen-bond donors (Lipinski definition) is 0. The van der Waals surface area contributed by atoms with Crippen LogP contribution in [0.1, 0.15) is 35.8 Å². The minimum atomic E-state index is 0.0561. The lowest BCUT2D eigenvalue weighted by Gasteiger charge is -2.21. The van der Waals surface area contributed by atoms with Gasteiger partial charge in [0.25, 0.3) is 5.91 Å². The summed E-state index contributed by atoms with van der Waals surface area (Å²) < 4.78 is 0.943. The Bertz CT molecular complexity index is 419. The topological polar surface area (TPSA) is 33.2 Å². The van der Waals surface area contributed by atoms with Crippen molar-refractivity contribution in [2.45, 2.75) is 32.7 Å². The maximum absolute atomic E-state index is 12.2. The van der Waals surface area contributed by atoms with Crippen LogP contribution in [0.15, 0.2) is 16.7 Å². The summed E-state index contributed by atoms with van der Waals surface area (Å²) >= 11 is 3.39. The highest BCUT2D eigenvalue weighted by Gasteiger charge is 2.26. The quantitative estimate of drug-likeness (QED) is 0.794. The lowest BCUT2D eigenvalue weighted by molar-refractivity contribution is 0.0741. The Kier molecular flexibility index (Phi) is 3.28. The van der Waals surface area contributed by atoms with Gasteiger partial charge in [-0.05, 0) is 54.2 Å². The Morgan fingerprint density at radius 1 is 1.62 bits per heavy atom. The van der Waals surface area contributed by atoms with Crippen molar-refractivity contribution >= 4 is 21.8 Å². The molecule has 2 heterocycles. The third kappa shape index (κ3) is 2.12. The second kappa shape index (κ2) is 4.53. The van der Waals surface area contributed by atoms with Gasteiger partial charge in [-0.2, -0.15) is 0 Å². The molecule has 0 radical (unpaired) electrons. The maximum Gasteiger partial charge on any atom is 0.272 e. The van der Waals surface area contributed by atoms with Crippen molar-refractivity contribution in [2.24, 2.45) is 0 Å². The van der Waals surface area contributed by atoms with E-state index in [4.69, 9.17) is 0 Å². The summed E-state index contributed by atoms with van der Waals surface area (Å²) in [6.07, 6.45) is 3.90. The molecule has 0 aliphatic carbocycles. The number of halogens is 1. The second-order valence-corrected chi connectivity index (χ2v) is 5.16. The monoisotopic (exact) mass is 282 g/mol. The number of pyridine rings is 1. The molecule has 0 spiro atoms. The predicted octanol–water partition coefficient (Wildman–Crippen LogP) is 2.78. The molecule has 1 aliphatic heterocycles. The number of amides is 1. The molecule has 1 aromatic rings. The van der Waals surface area contributed by atoms with Crippen LogP contribution < -0.4 is 0 Å². The van der Waals surface area contributed by atoms with Crippen LogP contribution in [0.25, 0.3) is 0 Å². The molecular weight excluding hydrogens is 268 g/mol. The summed E-state index contributed by atoms with van der Waals surface area (Å²) in [4.78, 5) is 18.3. The third-order valence-corrected chi connectivity index (χ3v) is 3.91. The molecule has 0 N–H and O–H groups in total. The number of nitrogens with zero attached hydrogens (tertiary/aromatic N) is 2.